The van der Waals surface area contributed by atoms with E-state index in [4.69, 9.17) is 12.2 Å². The van der Waals surface area contributed by atoms with Crippen molar-refractivity contribution in [3.63, 3.8) is 0 Å². The Morgan fingerprint density at radius 1 is 1.09 bits per heavy atom. The highest BCUT2D eigenvalue weighted by Crippen LogP contribution is 2.22. The number of anilines is 1. The molecule has 116 valence electrons. The molecule has 4 heteroatoms. The first-order chi connectivity index (χ1) is 11.1. The topological polar surface area (TPSA) is 7.12 Å². The molecular weight excluding hydrogens is 320 g/mol. The maximum Gasteiger partial charge on any atom is 0.262 e. The second kappa shape index (κ2) is 6.60. The fourth-order valence-corrected chi connectivity index (χ4v) is 3.58. The van der Waals surface area contributed by atoms with E-state index in [1.807, 2.05) is 18.9 Å². The third kappa shape index (κ3) is 3.33. The van der Waals surface area contributed by atoms with Gasteiger partial charge in [-0.1, -0.05) is 47.8 Å². The lowest BCUT2D eigenvalue weighted by Gasteiger charge is -2.17. The Kier molecular flexibility index (Phi) is 4.55. The van der Waals surface area contributed by atoms with Gasteiger partial charge in [0.05, 0.1) is 4.99 Å². The summed E-state index contributed by atoms with van der Waals surface area (Å²) in [6.07, 6.45) is 4.33. The minimum Gasteiger partial charge on any atom is -0.339 e. The molecule has 2 nitrogen and oxygen atoms in total. The molecule has 0 bridgehead atoms. The number of hydrogen-bond acceptors (Lipinski definition) is 2. The van der Waals surface area contributed by atoms with Crippen LogP contribution in [0.3, 0.4) is 0 Å². The fraction of sp³-hybridized carbons (Fsp3) is 0.158. The van der Waals surface area contributed by atoms with E-state index in [2.05, 4.69) is 72.3 Å². The Morgan fingerprint density at radius 2 is 1.78 bits per heavy atom. The summed E-state index contributed by atoms with van der Waals surface area (Å²) >= 11 is 7.01. The molecule has 0 fully saturated rings. The number of para-hydroxylation sites is 1. The second-order valence-corrected chi connectivity index (χ2v) is 7.12. The van der Waals surface area contributed by atoms with Gasteiger partial charge in [0.2, 0.25) is 5.52 Å². The summed E-state index contributed by atoms with van der Waals surface area (Å²) in [5, 5.41) is 1.24. The molecule has 3 aromatic rings. The van der Waals surface area contributed by atoms with Crippen molar-refractivity contribution in [1.82, 2.24) is 0 Å². The lowest BCUT2D eigenvalue weighted by atomic mass is 10.2. The minimum absolute atomic E-state index is 0.866. The zero-order valence-corrected chi connectivity index (χ0v) is 15.1. The minimum atomic E-state index is 0.866. The third-order valence-corrected chi connectivity index (χ3v) is 5.40. The number of fused-ring (bicyclic) bond motifs is 1. The molecule has 0 N–H and O–H groups in total. The van der Waals surface area contributed by atoms with Crippen LogP contribution in [0.5, 0.6) is 0 Å². The highest BCUT2D eigenvalue weighted by atomic mass is 32.1. The quantitative estimate of drug-likeness (QED) is 0.505. The first-order valence-corrected chi connectivity index (χ1v) is 8.69. The van der Waals surface area contributed by atoms with Gasteiger partial charge >= 0.3 is 0 Å². The van der Waals surface area contributed by atoms with Crippen LogP contribution in [0.1, 0.15) is 17.5 Å². The van der Waals surface area contributed by atoms with Gasteiger partial charge in [0, 0.05) is 24.9 Å². The molecule has 0 saturated carbocycles. The van der Waals surface area contributed by atoms with E-state index in [0.29, 0.717) is 0 Å². The van der Waals surface area contributed by atoms with Gasteiger partial charge in [0.25, 0.3) is 5.01 Å². The molecule has 2 aromatic carbocycles. The second-order valence-electron chi connectivity index (χ2n) is 5.47. The first-order valence-electron chi connectivity index (χ1n) is 7.46. The molecule has 1 heterocycles. The van der Waals surface area contributed by atoms with Gasteiger partial charge < -0.3 is 4.90 Å². The van der Waals surface area contributed by atoms with Gasteiger partial charge in [-0.05, 0) is 36.8 Å². The Morgan fingerprint density at radius 3 is 2.43 bits per heavy atom. The highest BCUT2D eigenvalue weighted by Gasteiger charge is 2.13. The van der Waals surface area contributed by atoms with Crippen LogP contribution in [-0.4, -0.2) is 12.0 Å². The molecule has 0 saturated heterocycles. The van der Waals surface area contributed by atoms with E-state index in [1.54, 1.807) is 11.3 Å². The van der Waals surface area contributed by atoms with Crippen molar-refractivity contribution in [2.24, 2.45) is 7.05 Å². The van der Waals surface area contributed by atoms with Crippen molar-refractivity contribution < 1.29 is 4.57 Å². The molecular formula is C19H19N2S2+. The molecule has 0 radical (unpaired) electrons. The maximum absolute atomic E-state index is 5.20. The normalized spacial score (nSPS) is 11.3. The number of hydrogen-bond donors (Lipinski definition) is 0. The molecule has 0 aliphatic heterocycles. The molecule has 23 heavy (non-hydrogen) atoms. The number of thiocarbonyl (C=S) groups is 1. The van der Waals surface area contributed by atoms with Gasteiger partial charge in [0.1, 0.15) is 11.7 Å². The molecule has 0 atom stereocenters. The van der Waals surface area contributed by atoms with Gasteiger partial charge in [-0.25, -0.2) is 0 Å². The summed E-state index contributed by atoms with van der Waals surface area (Å²) in [6, 6.07) is 16.9. The number of benzene rings is 2. The predicted molar refractivity (Wildman–Crippen MR) is 105 cm³/mol. The van der Waals surface area contributed by atoms with Crippen molar-refractivity contribution in [2.75, 3.05) is 11.9 Å². The van der Waals surface area contributed by atoms with Gasteiger partial charge in [0.15, 0.2) is 0 Å². The number of aryl methyl sites for hydroxylation is 1. The fourth-order valence-electron chi connectivity index (χ4n) is 2.42. The predicted octanol–water partition coefficient (Wildman–Crippen LogP) is 4.68. The Balaban J connectivity index is 1.84. The highest BCUT2D eigenvalue weighted by molar-refractivity contribution is 7.80. The van der Waals surface area contributed by atoms with Crippen molar-refractivity contribution in [2.45, 2.75) is 6.92 Å². The number of thiazole rings is 1. The molecule has 0 amide bonds. The van der Waals surface area contributed by atoms with Crippen LogP contribution < -0.4 is 9.47 Å². The number of rotatable bonds is 3. The van der Waals surface area contributed by atoms with Crippen LogP contribution in [0, 0.1) is 0 Å². The lowest BCUT2D eigenvalue weighted by Crippen LogP contribution is -2.28. The van der Waals surface area contributed by atoms with Crippen molar-refractivity contribution in [3.8, 4) is 0 Å². The van der Waals surface area contributed by atoms with Crippen LogP contribution in [0.15, 0.2) is 48.5 Å². The summed E-state index contributed by atoms with van der Waals surface area (Å²) in [7, 11) is 4.10. The zero-order chi connectivity index (χ0) is 16.4. The molecule has 3 rings (SSSR count). The molecule has 0 unspecified atom stereocenters. The smallest absolute Gasteiger partial charge is 0.262 e. The van der Waals surface area contributed by atoms with Gasteiger partial charge in [-0.15, -0.1) is 0 Å². The average molecular weight is 340 g/mol. The van der Waals surface area contributed by atoms with Crippen molar-refractivity contribution >= 4 is 56.6 Å². The SMILES string of the molecule is CC(=S)N(C)c1ccc(C=Cc2sc3ccccc3[n+]2C)cc1. The molecule has 0 aliphatic carbocycles. The third-order valence-electron chi connectivity index (χ3n) is 3.94. The lowest BCUT2D eigenvalue weighted by molar-refractivity contribution is -0.642. The summed E-state index contributed by atoms with van der Waals surface area (Å²) in [4.78, 5) is 2.88. The maximum atomic E-state index is 5.20. The van der Waals surface area contributed by atoms with Crippen LogP contribution in [-0.2, 0) is 7.05 Å². The molecule has 1 aromatic heterocycles. The van der Waals surface area contributed by atoms with E-state index in [9.17, 15) is 0 Å². The van der Waals surface area contributed by atoms with Crippen molar-refractivity contribution in [3.05, 3.63) is 59.1 Å². The van der Waals surface area contributed by atoms with E-state index in [1.165, 1.54) is 20.8 Å². The van der Waals surface area contributed by atoms with Gasteiger partial charge in [-0.2, -0.15) is 4.57 Å². The summed E-state index contributed by atoms with van der Waals surface area (Å²) < 4.78 is 3.54. The van der Waals surface area contributed by atoms with Crippen LogP contribution in [0.25, 0.3) is 22.4 Å². The Bertz CT molecular complexity index is 876. The number of nitrogens with zero attached hydrogens (tertiary/aromatic N) is 2. The number of aromatic nitrogens is 1. The monoisotopic (exact) mass is 339 g/mol. The largest absolute Gasteiger partial charge is 0.339 e. The molecule has 0 aliphatic rings. The van der Waals surface area contributed by atoms with E-state index in [0.717, 1.165) is 10.7 Å². The van der Waals surface area contributed by atoms with Crippen molar-refractivity contribution in [1.29, 1.82) is 0 Å². The Labute approximate surface area is 146 Å². The van der Waals surface area contributed by atoms with E-state index < -0.39 is 0 Å². The zero-order valence-electron chi connectivity index (χ0n) is 13.5. The average Bonchev–Trinajstić information content (AvgIpc) is 2.89. The summed E-state index contributed by atoms with van der Waals surface area (Å²) in [5.41, 5.74) is 3.56. The standard InChI is InChI=1S/C19H19N2S2/c1-14(22)20(2)16-11-8-15(9-12-16)10-13-19-21(3)17-6-4-5-7-18(17)23-19/h4-13H,1-3H3/q+1. The van der Waals surface area contributed by atoms with Crippen LogP contribution >= 0.6 is 23.6 Å². The summed E-state index contributed by atoms with van der Waals surface area (Å²) in [5.74, 6) is 0. The summed E-state index contributed by atoms with van der Waals surface area (Å²) in [6.45, 7) is 1.94. The van der Waals surface area contributed by atoms with E-state index >= 15 is 0 Å². The molecule has 0 spiro atoms. The van der Waals surface area contributed by atoms with Gasteiger partial charge in [-0.3, -0.25) is 0 Å². The van der Waals surface area contributed by atoms with Crippen LogP contribution in [0.4, 0.5) is 5.69 Å². The first kappa shape index (κ1) is 15.8. The van der Waals surface area contributed by atoms with Crippen LogP contribution in [0.2, 0.25) is 0 Å². The Hall–Kier alpha value is -2.04. The van der Waals surface area contributed by atoms with E-state index in [-0.39, 0.29) is 0 Å².